The summed E-state index contributed by atoms with van der Waals surface area (Å²) in [6.45, 7) is 2.00. The van der Waals surface area contributed by atoms with Gasteiger partial charge in [0.15, 0.2) is 11.3 Å². The Kier molecular flexibility index (Phi) is 2.75. The molecule has 0 saturated carbocycles. The number of carboxylic acid groups (broad SMARTS) is 1. The average molecular weight is 274 g/mol. The number of aromatic carboxylic acids is 1. The minimum atomic E-state index is -1.08. The van der Waals surface area contributed by atoms with Crippen LogP contribution in [0.2, 0.25) is 0 Å². The fourth-order valence-electron chi connectivity index (χ4n) is 1.93. The molecule has 7 heteroatoms. The summed E-state index contributed by atoms with van der Waals surface area (Å²) in [5, 5.41) is 11.0. The summed E-state index contributed by atoms with van der Waals surface area (Å²) < 4.78 is 5.94. The first kappa shape index (κ1) is 11.8. The van der Waals surface area contributed by atoms with E-state index in [0.29, 0.717) is 11.3 Å². The van der Waals surface area contributed by atoms with Crippen LogP contribution in [0.5, 0.6) is 0 Å². The van der Waals surface area contributed by atoms with Crippen molar-refractivity contribution in [1.82, 2.24) is 18.7 Å². The molecule has 0 amide bonds. The van der Waals surface area contributed by atoms with Gasteiger partial charge in [-0.05, 0) is 30.1 Å². The van der Waals surface area contributed by atoms with Gasteiger partial charge in [0.25, 0.3) is 0 Å². The van der Waals surface area contributed by atoms with Crippen LogP contribution in [0.1, 0.15) is 23.1 Å². The Hall–Kier alpha value is -2.28. The lowest BCUT2D eigenvalue weighted by Gasteiger charge is -2.05. The number of aryl methyl sites for hydroxylation is 1. The zero-order valence-electron chi connectivity index (χ0n) is 10.1. The molecule has 0 unspecified atom stereocenters. The van der Waals surface area contributed by atoms with Crippen LogP contribution >= 0.6 is 11.5 Å². The molecule has 0 fully saturated rings. The molecule has 19 heavy (non-hydrogen) atoms. The second kappa shape index (κ2) is 4.43. The number of aromatic nitrogens is 4. The number of carboxylic acids is 1. The number of hydrogen-bond donors (Lipinski definition) is 1. The molecule has 0 aliphatic rings. The van der Waals surface area contributed by atoms with Crippen molar-refractivity contribution in [3.05, 3.63) is 35.2 Å². The van der Waals surface area contributed by atoms with E-state index >= 15 is 0 Å². The van der Waals surface area contributed by atoms with Crippen molar-refractivity contribution >= 4 is 23.1 Å². The van der Waals surface area contributed by atoms with Crippen LogP contribution in [0.15, 0.2) is 23.8 Å². The predicted octanol–water partition coefficient (Wildman–Crippen LogP) is 2.11. The normalized spacial score (nSPS) is 11.0. The lowest BCUT2D eigenvalue weighted by molar-refractivity contribution is 0.0693. The van der Waals surface area contributed by atoms with E-state index in [9.17, 15) is 4.79 Å². The topological polar surface area (TPSA) is 80.4 Å². The lowest BCUT2D eigenvalue weighted by Crippen LogP contribution is -2.03. The van der Waals surface area contributed by atoms with Crippen molar-refractivity contribution in [1.29, 1.82) is 0 Å². The maximum Gasteiger partial charge on any atom is 0.358 e. The van der Waals surface area contributed by atoms with Gasteiger partial charge in [-0.1, -0.05) is 6.92 Å². The molecule has 0 aromatic carbocycles. The average Bonchev–Trinajstić information content (AvgIpc) is 3.06. The fourth-order valence-corrected chi connectivity index (χ4v) is 2.45. The fraction of sp³-hybridized carbons (Fsp3) is 0.167. The van der Waals surface area contributed by atoms with E-state index in [1.54, 1.807) is 4.40 Å². The maximum absolute atomic E-state index is 11.1. The van der Waals surface area contributed by atoms with Crippen molar-refractivity contribution in [3.8, 4) is 11.4 Å². The van der Waals surface area contributed by atoms with E-state index in [0.717, 1.165) is 17.8 Å². The monoisotopic (exact) mass is 274 g/mol. The van der Waals surface area contributed by atoms with Crippen LogP contribution in [0.4, 0.5) is 0 Å². The van der Waals surface area contributed by atoms with E-state index in [2.05, 4.69) is 14.3 Å². The highest BCUT2D eigenvalue weighted by molar-refractivity contribution is 7.03. The first-order chi connectivity index (χ1) is 9.20. The van der Waals surface area contributed by atoms with Crippen molar-refractivity contribution in [2.24, 2.45) is 0 Å². The minimum absolute atomic E-state index is 0.0354. The Morgan fingerprint density at radius 2 is 2.32 bits per heavy atom. The molecule has 1 N–H and O–H groups in total. The molecule has 96 valence electrons. The van der Waals surface area contributed by atoms with Crippen molar-refractivity contribution in [3.63, 3.8) is 0 Å². The molecule has 0 aliphatic carbocycles. The zero-order chi connectivity index (χ0) is 13.4. The minimum Gasteiger partial charge on any atom is -0.476 e. The van der Waals surface area contributed by atoms with Gasteiger partial charge in [-0.15, -0.1) is 0 Å². The third kappa shape index (κ3) is 1.88. The van der Waals surface area contributed by atoms with E-state index < -0.39 is 5.97 Å². The third-order valence-electron chi connectivity index (χ3n) is 2.85. The summed E-state index contributed by atoms with van der Waals surface area (Å²) in [6, 6.07) is 3.77. The number of fused-ring (bicyclic) bond motifs is 1. The van der Waals surface area contributed by atoms with Crippen molar-refractivity contribution in [2.45, 2.75) is 13.3 Å². The highest BCUT2D eigenvalue weighted by Crippen LogP contribution is 2.21. The Balaban J connectivity index is 2.31. The van der Waals surface area contributed by atoms with Crippen LogP contribution in [-0.4, -0.2) is 29.8 Å². The summed E-state index contributed by atoms with van der Waals surface area (Å²) in [7, 11) is 0. The van der Waals surface area contributed by atoms with Crippen molar-refractivity contribution < 1.29 is 9.90 Å². The first-order valence-electron chi connectivity index (χ1n) is 5.71. The van der Waals surface area contributed by atoms with Crippen molar-refractivity contribution in [2.75, 3.05) is 0 Å². The van der Waals surface area contributed by atoms with Gasteiger partial charge in [-0.2, -0.15) is 4.37 Å². The summed E-state index contributed by atoms with van der Waals surface area (Å²) in [5.41, 5.74) is 2.70. The van der Waals surface area contributed by atoms with Crippen LogP contribution in [0.3, 0.4) is 0 Å². The molecule has 3 aromatic rings. The van der Waals surface area contributed by atoms with Gasteiger partial charge >= 0.3 is 5.97 Å². The largest absolute Gasteiger partial charge is 0.476 e. The van der Waals surface area contributed by atoms with Crippen LogP contribution in [0.25, 0.3) is 17.0 Å². The highest BCUT2D eigenvalue weighted by Gasteiger charge is 2.16. The van der Waals surface area contributed by atoms with Crippen LogP contribution < -0.4 is 0 Å². The molecule has 0 atom stereocenters. The van der Waals surface area contributed by atoms with Gasteiger partial charge in [0.2, 0.25) is 0 Å². The molecular weight excluding hydrogens is 264 g/mol. The van der Waals surface area contributed by atoms with Gasteiger partial charge in [0, 0.05) is 11.1 Å². The molecule has 0 aliphatic heterocycles. The quantitative estimate of drug-likeness (QED) is 0.791. The molecule has 6 nitrogen and oxygen atoms in total. The summed E-state index contributed by atoms with van der Waals surface area (Å²) in [5.74, 6) is -1.08. The first-order valence-corrected chi connectivity index (χ1v) is 6.55. The number of rotatable bonds is 3. The Bertz CT molecular complexity index is 749. The SMILES string of the molecule is CCc1cc(-c2ccsn2)nc2c(C(=O)O)ncn12. The maximum atomic E-state index is 11.1. The van der Waals surface area contributed by atoms with E-state index in [-0.39, 0.29) is 5.69 Å². The number of imidazole rings is 1. The Labute approximate surface area is 112 Å². The van der Waals surface area contributed by atoms with Gasteiger partial charge in [-0.25, -0.2) is 14.8 Å². The summed E-state index contributed by atoms with van der Waals surface area (Å²) in [6.07, 6.45) is 2.25. The summed E-state index contributed by atoms with van der Waals surface area (Å²) >= 11 is 1.34. The number of hydrogen-bond acceptors (Lipinski definition) is 5. The van der Waals surface area contributed by atoms with Gasteiger partial charge in [-0.3, -0.25) is 4.40 Å². The molecule has 3 rings (SSSR count). The third-order valence-corrected chi connectivity index (χ3v) is 3.41. The second-order valence-corrected chi connectivity index (χ2v) is 4.63. The molecule has 0 spiro atoms. The highest BCUT2D eigenvalue weighted by atomic mass is 32.1. The van der Waals surface area contributed by atoms with E-state index in [1.807, 2.05) is 24.4 Å². The van der Waals surface area contributed by atoms with E-state index in [4.69, 9.17) is 5.11 Å². The van der Waals surface area contributed by atoms with Gasteiger partial charge in [0.05, 0.1) is 5.69 Å². The molecule has 3 heterocycles. The standard InChI is InChI=1S/C12H10N4O2S/c1-2-7-5-9(8-3-4-19-15-8)14-11-10(12(17)18)13-6-16(7)11/h3-6H,2H2,1H3,(H,17,18). The number of carbonyl (C=O) groups is 1. The van der Waals surface area contributed by atoms with Crippen LogP contribution in [-0.2, 0) is 6.42 Å². The van der Waals surface area contributed by atoms with Gasteiger partial charge in [0.1, 0.15) is 12.0 Å². The zero-order valence-corrected chi connectivity index (χ0v) is 10.9. The van der Waals surface area contributed by atoms with E-state index in [1.165, 1.54) is 17.9 Å². The van der Waals surface area contributed by atoms with Crippen LogP contribution in [0, 0.1) is 0 Å². The summed E-state index contributed by atoms with van der Waals surface area (Å²) in [4.78, 5) is 19.4. The Morgan fingerprint density at radius 1 is 1.47 bits per heavy atom. The Morgan fingerprint density at radius 3 is 2.95 bits per heavy atom. The number of nitrogens with zero attached hydrogens (tertiary/aromatic N) is 4. The molecular formula is C12H10N4O2S. The molecule has 0 bridgehead atoms. The second-order valence-electron chi connectivity index (χ2n) is 3.96. The lowest BCUT2D eigenvalue weighted by atomic mass is 10.2. The van der Waals surface area contributed by atoms with Gasteiger partial charge < -0.3 is 5.11 Å². The molecule has 0 radical (unpaired) electrons. The smallest absolute Gasteiger partial charge is 0.358 e. The predicted molar refractivity (Wildman–Crippen MR) is 70.4 cm³/mol. The molecule has 3 aromatic heterocycles. The molecule has 0 saturated heterocycles.